The summed E-state index contributed by atoms with van der Waals surface area (Å²) in [4.78, 5) is 0. The van der Waals surface area contributed by atoms with Crippen LogP contribution >= 0.6 is 23.2 Å². The fourth-order valence-electron chi connectivity index (χ4n) is 1.83. The lowest BCUT2D eigenvalue weighted by Crippen LogP contribution is -2.22. The molecule has 2 nitrogen and oxygen atoms in total. The zero-order chi connectivity index (χ0) is 11.9. The van der Waals surface area contributed by atoms with Crippen molar-refractivity contribution < 1.29 is 0 Å². The fraction of sp³-hybridized carbons (Fsp3) is 0.500. The van der Waals surface area contributed by atoms with Crippen LogP contribution in [0.25, 0.3) is 0 Å². The van der Waals surface area contributed by atoms with Crippen LogP contribution in [-0.2, 0) is 0 Å². The Bertz CT molecular complexity index is 383. The smallest absolute Gasteiger partial charge is 0.0693 e. The van der Waals surface area contributed by atoms with Crippen LogP contribution in [0.3, 0.4) is 0 Å². The molecule has 0 aromatic heterocycles. The standard InChI is InChI=1S/C12H16Cl2N2/c1-6-3-11(6)16-7(2)8-4-9(13)12(15)10(14)5-8/h4-7,11,16H,3,15H2,1-2H3. The van der Waals surface area contributed by atoms with Crippen molar-refractivity contribution in [1.82, 2.24) is 5.32 Å². The monoisotopic (exact) mass is 258 g/mol. The summed E-state index contributed by atoms with van der Waals surface area (Å²) in [5.74, 6) is 0.780. The van der Waals surface area contributed by atoms with E-state index in [0.29, 0.717) is 21.8 Å². The minimum Gasteiger partial charge on any atom is -0.396 e. The number of halogens is 2. The van der Waals surface area contributed by atoms with E-state index in [-0.39, 0.29) is 6.04 Å². The number of hydrogen-bond acceptors (Lipinski definition) is 2. The molecular weight excluding hydrogens is 243 g/mol. The first kappa shape index (κ1) is 12.0. The Balaban J connectivity index is 2.13. The van der Waals surface area contributed by atoms with Crippen molar-refractivity contribution in [2.45, 2.75) is 32.4 Å². The van der Waals surface area contributed by atoms with Crippen LogP contribution in [0.5, 0.6) is 0 Å². The molecule has 0 radical (unpaired) electrons. The zero-order valence-electron chi connectivity index (χ0n) is 9.43. The Kier molecular flexibility index (Phi) is 3.34. The molecule has 1 saturated carbocycles. The molecule has 3 N–H and O–H groups in total. The SMILES string of the molecule is CC(NC1CC1C)c1cc(Cl)c(N)c(Cl)c1. The van der Waals surface area contributed by atoms with E-state index < -0.39 is 0 Å². The number of benzene rings is 1. The van der Waals surface area contributed by atoms with E-state index in [1.165, 1.54) is 6.42 Å². The van der Waals surface area contributed by atoms with Crippen molar-refractivity contribution in [3.05, 3.63) is 27.7 Å². The van der Waals surface area contributed by atoms with Crippen molar-refractivity contribution in [3.8, 4) is 0 Å². The van der Waals surface area contributed by atoms with E-state index in [1.54, 1.807) is 0 Å². The number of rotatable bonds is 3. The molecule has 16 heavy (non-hydrogen) atoms. The number of anilines is 1. The molecule has 0 saturated heterocycles. The average molecular weight is 259 g/mol. The summed E-state index contributed by atoms with van der Waals surface area (Å²) in [6, 6.07) is 4.65. The molecule has 1 aliphatic carbocycles. The summed E-state index contributed by atoms with van der Waals surface area (Å²) < 4.78 is 0. The maximum absolute atomic E-state index is 6.01. The number of hydrogen-bond donors (Lipinski definition) is 2. The third-order valence-corrected chi connectivity index (χ3v) is 3.80. The maximum atomic E-state index is 6.01. The average Bonchev–Trinajstić information content (AvgIpc) is 2.90. The van der Waals surface area contributed by atoms with Crippen molar-refractivity contribution in [2.24, 2.45) is 5.92 Å². The Morgan fingerprint density at radius 2 is 1.88 bits per heavy atom. The first-order valence-electron chi connectivity index (χ1n) is 5.49. The van der Waals surface area contributed by atoms with Crippen LogP contribution in [0.4, 0.5) is 5.69 Å². The highest BCUT2D eigenvalue weighted by Gasteiger charge is 2.33. The van der Waals surface area contributed by atoms with Gasteiger partial charge in [0.25, 0.3) is 0 Å². The van der Waals surface area contributed by atoms with Crippen LogP contribution in [0.1, 0.15) is 31.9 Å². The molecule has 0 amide bonds. The van der Waals surface area contributed by atoms with Gasteiger partial charge in [0.05, 0.1) is 15.7 Å². The molecule has 1 aromatic rings. The van der Waals surface area contributed by atoms with Gasteiger partial charge in [0.15, 0.2) is 0 Å². The van der Waals surface area contributed by atoms with Gasteiger partial charge in [0.1, 0.15) is 0 Å². The van der Waals surface area contributed by atoms with E-state index in [4.69, 9.17) is 28.9 Å². The lowest BCUT2D eigenvalue weighted by atomic mass is 10.1. The van der Waals surface area contributed by atoms with Gasteiger partial charge in [-0.05, 0) is 37.0 Å². The molecule has 2 rings (SSSR count). The second-order valence-electron chi connectivity index (χ2n) is 4.61. The molecular formula is C12H16Cl2N2. The minimum absolute atomic E-state index is 0.255. The molecule has 1 fully saturated rings. The van der Waals surface area contributed by atoms with Crippen LogP contribution < -0.4 is 11.1 Å². The van der Waals surface area contributed by atoms with Crippen LogP contribution in [0.15, 0.2) is 12.1 Å². The molecule has 1 aromatic carbocycles. The van der Waals surface area contributed by atoms with Crippen LogP contribution in [0, 0.1) is 5.92 Å². The number of nitrogens with two attached hydrogens (primary N) is 1. The largest absolute Gasteiger partial charge is 0.396 e. The Labute approximate surface area is 106 Å². The number of nitrogens with one attached hydrogen (secondary N) is 1. The summed E-state index contributed by atoms with van der Waals surface area (Å²) in [6.45, 7) is 4.36. The van der Waals surface area contributed by atoms with Gasteiger partial charge in [-0.3, -0.25) is 0 Å². The van der Waals surface area contributed by atoms with E-state index in [1.807, 2.05) is 12.1 Å². The number of nitrogen functional groups attached to an aromatic ring is 1. The second-order valence-corrected chi connectivity index (χ2v) is 5.42. The molecule has 0 heterocycles. The van der Waals surface area contributed by atoms with Crippen LogP contribution in [-0.4, -0.2) is 6.04 Å². The highest BCUT2D eigenvalue weighted by atomic mass is 35.5. The summed E-state index contributed by atoms with van der Waals surface area (Å²) in [5, 5.41) is 4.59. The minimum atomic E-state index is 0.255. The molecule has 1 aliphatic rings. The third kappa shape index (κ3) is 2.45. The maximum Gasteiger partial charge on any atom is 0.0693 e. The van der Waals surface area contributed by atoms with E-state index in [0.717, 1.165) is 11.5 Å². The van der Waals surface area contributed by atoms with E-state index in [9.17, 15) is 0 Å². The molecule has 3 unspecified atom stereocenters. The molecule has 0 aliphatic heterocycles. The van der Waals surface area contributed by atoms with Gasteiger partial charge in [-0.15, -0.1) is 0 Å². The predicted octanol–water partition coefficient (Wildman–Crippen LogP) is 3.63. The first-order chi connectivity index (χ1) is 7.49. The summed E-state index contributed by atoms with van der Waals surface area (Å²) in [6.07, 6.45) is 1.25. The highest BCUT2D eigenvalue weighted by Crippen LogP contribution is 2.34. The van der Waals surface area contributed by atoms with Gasteiger partial charge < -0.3 is 11.1 Å². The Hall–Kier alpha value is -0.440. The molecule has 0 spiro atoms. The quantitative estimate of drug-likeness (QED) is 0.813. The van der Waals surface area contributed by atoms with E-state index in [2.05, 4.69) is 19.2 Å². The summed E-state index contributed by atoms with van der Waals surface area (Å²) >= 11 is 12.0. The molecule has 0 bridgehead atoms. The third-order valence-electron chi connectivity index (χ3n) is 3.17. The summed E-state index contributed by atoms with van der Waals surface area (Å²) in [7, 11) is 0. The summed E-state index contributed by atoms with van der Waals surface area (Å²) in [5.41, 5.74) is 7.25. The lowest BCUT2D eigenvalue weighted by Gasteiger charge is -2.15. The van der Waals surface area contributed by atoms with E-state index >= 15 is 0 Å². The fourth-order valence-corrected chi connectivity index (χ4v) is 2.33. The van der Waals surface area contributed by atoms with Gasteiger partial charge >= 0.3 is 0 Å². The Morgan fingerprint density at radius 3 is 2.31 bits per heavy atom. The first-order valence-corrected chi connectivity index (χ1v) is 6.25. The molecule has 3 atom stereocenters. The van der Waals surface area contributed by atoms with Crippen molar-refractivity contribution >= 4 is 28.9 Å². The van der Waals surface area contributed by atoms with Gasteiger partial charge in [-0.1, -0.05) is 30.1 Å². The van der Waals surface area contributed by atoms with Crippen molar-refractivity contribution in [3.63, 3.8) is 0 Å². The van der Waals surface area contributed by atoms with Crippen molar-refractivity contribution in [1.29, 1.82) is 0 Å². The second kappa shape index (κ2) is 4.44. The van der Waals surface area contributed by atoms with Gasteiger partial charge in [-0.25, -0.2) is 0 Å². The predicted molar refractivity (Wildman–Crippen MR) is 70.0 cm³/mol. The molecule has 88 valence electrons. The lowest BCUT2D eigenvalue weighted by molar-refractivity contribution is 0.552. The normalized spacial score (nSPS) is 25.5. The van der Waals surface area contributed by atoms with Crippen LogP contribution in [0.2, 0.25) is 10.0 Å². The van der Waals surface area contributed by atoms with Gasteiger partial charge in [-0.2, -0.15) is 0 Å². The molecule has 4 heteroatoms. The Morgan fingerprint density at radius 1 is 1.38 bits per heavy atom. The van der Waals surface area contributed by atoms with Gasteiger partial charge in [0, 0.05) is 12.1 Å². The van der Waals surface area contributed by atoms with Crippen molar-refractivity contribution in [2.75, 3.05) is 5.73 Å². The van der Waals surface area contributed by atoms with Gasteiger partial charge in [0.2, 0.25) is 0 Å². The highest BCUT2D eigenvalue weighted by molar-refractivity contribution is 6.38. The topological polar surface area (TPSA) is 38.0 Å². The zero-order valence-corrected chi connectivity index (χ0v) is 10.9.